The Hall–Kier alpha value is -2.46. The van der Waals surface area contributed by atoms with Gasteiger partial charge in [0, 0.05) is 17.2 Å². The van der Waals surface area contributed by atoms with Crippen LogP contribution >= 0.6 is 0 Å². The highest BCUT2D eigenvalue weighted by atomic mass is 16.3. The van der Waals surface area contributed by atoms with E-state index in [9.17, 15) is 14.7 Å². The van der Waals surface area contributed by atoms with E-state index in [1.54, 1.807) is 36.4 Å². The molecule has 1 amide bonds. The molecule has 4 nitrogen and oxygen atoms in total. The van der Waals surface area contributed by atoms with Crippen LogP contribution in [0.3, 0.4) is 0 Å². The Morgan fingerprint density at radius 3 is 2.08 bits per heavy atom. The SMILES string of the molecule is O=C(NC1CCC(O)CC1)c1ccccc1C(=O)c1ccccc1. The Balaban J connectivity index is 1.79. The summed E-state index contributed by atoms with van der Waals surface area (Å²) in [6.45, 7) is 0. The zero-order valence-electron chi connectivity index (χ0n) is 13.4. The molecule has 2 N–H and O–H groups in total. The number of hydrogen-bond acceptors (Lipinski definition) is 3. The molecule has 0 aromatic heterocycles. The normalized spacial score (nSPS) is 20.4. The maximum atomic E-state index is 12.7. The van der Waals surface area contributed by atoms with E-state index in [4.69, 9.17) is 0 Å². The maximum Gasteiger partial charge on any atom is 0.252 e. The molecule has 4 heteroatoms. The molecule has 0 heterocycles. The van der Waals surface area contributed by atoms with E-state index in [0.29, 0.717) is 29.5 Å². The second-order valence-electron chi connectivity index (χ2n) is 6.22. The molecular formula is C20H21NO3. The highest BCUT2D eigenvalue weighted by molar-refractivity contribution is 6.15. The Bertz CT molecular complexity index is 719. The van der Waals surface area contributed by atoms with Gasteiger partial charge in [0.15, 0.2) is 5.78 Å². The summed E-state index contributed by atoms with van der Waals surface area (Å²) in [5.74, 6) is -0.378. The monoisotopic (exact) mass is 323 g/mol. The second kappa shape index (κ2) is 7.41. The predicted molar refractivity (Wildman–Crippen MR) is 92.0 cm³/mol. The lowest BCUT2D eigenvalue weighted by molar-refractivity contribution is 0.0862. The minimum atomic E-state index is -0.259. The van der Waals surface area contributed by atoms with Crippen LogP contribution in [0.5, 0.6) is 0 Å². The van der Waals surface area contributed by atoms with E-state index < -0.39 is 0 Å². The minimum absolute atomic E-state index is 0.0563. The second-order valence-corrected chi connectivity index (χ2v) is 6.22. The lowest BCUT2D eigenvalue weighted by Crippen LogP contribution is -2.39. The summed E-state index contributed by atoms with van der Waals surface area (Å²) in [7, 11) is 0. The van der Waals surface area contributed by atoms with E-state index in [0.717, 1.165) is 12.8 Å². The molecule has 0 spiro atoms. The van der Waals surface area contributed by atoms with E-state index >= 15 is 0 Å². The fourth-order valence-electron chi connectivity index (χ4n) is 3.11. The van der Waals surface area contributed by atoms with Crippen LogP contribution in [0.4, 0.5) is 0 Å². The van der Waals surface area contributed by atoms with Crippen molar-refractivity contribution in [1.29, 1.82) is 0 Å². The minimum Gasteiger partial charge on any atom is -0.393 e. The first-order valence-electron chi connectivity index (χ1n) is 8.33. The number of amides is 1. The number of carbonyl (C=O) groups is 2. The standard InChI is InChI=1S/C20H21NO3/c22-16-12-10-15(11-13-16)21-20(24)18-9-5-4-8-17(18)19(23)14-6-2-1-3-7-14/h1-9,15-16,22H,10-13H2,(H,21,24). The summed E-state index contributed by atoms with van der Waals surface area (Å²) in [6, 6.07) is 15.9. The van der Waals surface area contributed by atoms with Crippen molar-refractivity contribution in [3.8, 4) is 0 Å². The molecule has 0 aliphatic heterocycles. The van der Waals surface area contributed by atoms with Gasteiger partial charge in [0.05, 0.1) is 11.7 Å². The summed E-state index contributed by atoms with van der Waals surface area (Å²) >= 11 is 0. The van der Waals surface area contributed by atoms with Gasteiger partial charge in [0.25, 0.3) is 5.91 Å². The largest absolute Gasteiger partial charge is 0.393 e. The highest BCUT2D eigenvalue weighted by Crippen LogP contribution is 2.20. The average Bonchev–Trinajstić information content (AvgIpc) is 2.63. The van der Waals surface area contributed by atoms with Crippen LogP contribution in [-0.2, 0) is 0 Å². The topological polar surface area (TPSA) is 66.4 Å². The van der Waals surface area contributed by atoms with Crippen LogP contribution in [0.2, 0.25) is 0 Å². The maximum absolute atomic E-state index is 12.7. The van der Waals surface area contributed by atoms with Crippen molar-refractivity contribution in [3.63, 3.8) is 0 Å². The summed E-state index contributed by atoms with van der Waals surface area (Å²) in [6.07, 6.45) is 2.68. The number of benzene rings is 2. The van der Waals surface area contributed by atoms with Gasteiger partial charge < -0.3 is 10.4 Å². The molecule has 1 saturated carbocycles. The van der Waals surface area contributed by atoms with Gasteiger partial charge in [0.1, 0.15) is 0 Å². The molecule has 1 aliphatic carbocycles. The molecule has 2 aromatic rings. The van der Waals surface area contributed by atoms with E-state index in [-0.39, 0.29) is 23.8 Å². The van der Waals surface area contributed by atoms with Crippen molar-refractivity contribution < 1.29 is 14.7 Å². The van der Waals surface area contributed by atoms with Gasteiger partial charge >= 0.3 is 0 Å². The summed E-state index contributed by atoms with van der Waals surface area (Å²) in [4.78, 5) is 25.3. The molecule has 1 aliphatic rings. The molecule has 2 aromatic carbocycles. The van der Waals surface area contributed by atoms with Crippen LogP contribution < -0.4 is 5.32 Å². The first-order chi connectivity index (χ1) is 11.6. The fraction of sp³-hybridized carbons (Fsp3) is 0.300. The molecular weight excluding hydrogens is 302 g/mol. The van der Waals surface area contributed by atoms with Crippen molar-refractivity contribution in [2.75, 3.05) is 0 Å². The Morgan fingerprint density at radius 1 is 0.833 bits per heavy atom. The Kier molecular flexibility index (Phi) is 5.06. The first-order valence-corrected chi connectivity index (χ1v) is 8.33. The summed E-state index contributed by atoms with van der Waals surface area (Å²) in [5.41, 5.74) is 1.38. The third-order valence-electron chi connectivity index (χ3n) is 4.48. The zero-order valence-corrected chi connectivity index (χ0v) is 13.4. The van der Waals surface area contributed by atoms with Crippen LogP contribution in [0.25, 0.3) is 0 Å². The lowest BCUT2D eigenvalue weighted by atomic mass is 9.92. The summed E-state index contributed by atoms with van der Waals surface area (Å²) in [5, 5.41) is 12.6. The average molecular weight is 323 g/mol. The fourth-order valence-corrected chi connectivity index (χ4v) is 3.11. The molecule has 1 fully saturated rings. The van der Waals surface area contributed by atoms with Crippen molar-refractivity contribution in [1.82, 2.24) is 5.32 Å². The van der Waals surface area contributed by atoms with E-state index in [1.807, 2.05) is 18.2 Å². The molecule has 0 radical (unpaired) electrons. The quantitative estimate of drug-likeness (QED) is 0.850. The van der Waals surface area contributed by atoms with Crippen molar-refractivity contribution in [2.24, 2.45) is 0 Å². The van der Waals surface area contributed by atoms with Gasteiger partial charge in [-0.2, -0.15) is 0 Å². The molecule has 24 heavy (non-hydrogen) atoms. The van der Waals surface area contributed by atoms with Crippen LogP contribution in [0, 0.1) is 0 Å². The molecule has 3 rings (SSSR count). The van der Waals surface area contributed by atoms with Crippen LogP contribution in [0.15, 0.2) is 54.6 Å². The van der Waals surface area contributed by atoms with Crippen LogP contribution in [0.1, 0.15) is 52.0 Å². The number of carbonyl (C=O) groups excluding carboxylic acids is 2. The Labute approximate surface area is 141 Å². The summed E-state index contributed by atoms with van der Waals surface area (Å²) < 4.78 is 0. The first kappa shape index (κ1) is 16.4. The number of nitrogens with one attached hydrogen (secondary N) is 1. The number of aliphatic hydroxyl groups excluding tert-OH is 1. The smallest absolute Gasteiger partial charge is 0.252 e. The number of rotatable bonds is 4. The number of hydrogen-bond donors (Lipinski definition) is 2. The third-order valence-corrected chi connectivity index (χ3v) is 4.48. The van der Waals surface area contributed by atoms with Crippen molar-refractivity contribution in [3.05, 3.63) is 71.3 Å². The molecule has 0 bridgehead atoms. The van der Waals surface area contributed by atoms with E-state index in [2.05, 4.69) is 5.32 Å². The molecule has 0 atom stereocenters. The van der Waals surface area contributed by atoms with Crippen molar-refractivity contribution in [2.45, 2.75) is 37.8 Å². The molecule has 0 saturated heterocycles. The Morgan fingerprint density at radius 2 is 1.42 bits per heavy atom. The van der Waals surface area contributed by atoms with Crippen molar-refractivity contribution >= 4 is 11.7 Å². The van der Waals surface area contributed by atoms with E-state index in [1.165, 1.54) is 0 Å². The van der Waals surface area contributed by atoms with Crippen LogP contribution in [-0.4, -0.2) is 28.9 Å². The molecule has 0 unspecified atom stereocenters. The van der Waals surface area contributed by atoms with Gasteiger partial charge in [-0.15, -0.1) is 0 Å². The number of aliphatic hydroxyl groups is 1. The number of ketones is 1. The van der Waals surface area contributed by atoms with Gasteiger partial charge in [-0.3, -0.25) is 9.59 Å². The lowest BCUT2D eigenvalue weighted by Gasteiger charge is -2.26. The van der Waals surface area contributed by atoms with Gasteiger partial charge in [-0.05, 0) is 31.7 Å². The van der Waals surface area contributed by atoms with Gasteiger partial charge in [-0.25, -0.2) is 0 Å². The highest BCUT2D eigenvalue weighted by Gasteiger charge is 2.23. The zero-order chi connectivity index (χ0) is 16.9. The third kappa shape index (κ3) is 3.71. The van der Waals surface area contributed by atoms with Gasteiger partial charge in [0.2, 0.25) is 0 Å². The molecule has 124 valence electrons. The predicted octanol–water partition coefficient (Wildman–Crippen LogP) is 2.95. The van der Waals surface area contributed by atoms with Gasteiger partial charge in [-0.1, -0.05) is 48.5 Å².